The third-order valence-electron chi connectivity index (χ3n) is 5.39. The molecule has 1 saturated carbocycles. The summed E-state index contributed by atoms with van der Waals surface area (Å²) in [5.74, 6) is 4.24. The summed E-state index contributed by atoms with van der Waals surface area (Å²) in [6.45, 7) is 5.58. The van der Waals surface area contributed by atoms with Gasteiger partial charge < -0.3 is 24.3 Å². The lowest BCUT2D eigenvalue weighted by molar-refractivity contribution is 0.115. The molecule has 1 heterocycles. The second-order valence-electron chi connectivity index (χ2n) is 7.83. The first-order valence-electron chi connectivity index (χ1n) is 10.6. The molecule has 1 aromatic carbocycles. The van der Waals surface area contributed by atoms with E-state index in [0.717, 1.165) is 55.4 Å². The van der Waals surface area contributed by atoms with Crippen LogP contribution in [0.5, 0.6) is 5.75 Å². The first-order chi connectivity index (χ1) is 14.6. The van der Waals surface area contributed by atoms with Crippen LogP contribution in [-0.2, 0) is 24.8 Å². The summed E-state index contributed by atoms with van der Waals surface area (Å²) >= 11 is 0. The Morgan fingerprint density at radius 2 is 2.03 bits per heavy atom. The molecule has 0 aliphatic heterocycles. The minimum Gasteiger partial charge on any atom is -0.497 e. The minimum absolute atomic E-state index is 0.482. The topological polar surface area (TPSA) is 76.8 Å². The Morgan fingerprint density at radius 1 is 1.27 bits per heavy atom. The molecule has 164 valence electrons. The van der Waals surface area contributed by atoms with E-state index in [1.807, 2.05) is 37.7 Å². The third kappa shape index (κ3) is 6.73. The highest BCUT2D eigenvalue weighted by Crippen LogP contribution is 2.28. The molecule has 30 heavy (non-hydrogen) atoms. The number of ether oxygens (including phenoxy) is 2. The molecule has 1 aromatic heterocycles. The summed E-state index contributed by atoms with van der Waals surface area (Å²) in [6, 6.07) is 8.17. The molecule has 3 rings (SSSR count). The van der Waals surface area contributed by atoms with Gasteiger partial charge in [-0.15, -0.1) is 10.2 Å². The number of rotatable bonds is 11. The van der Waals surface area contributed by atoms with Gasteiger partial charge in [-0.2, -0.15) is 0 Å². The van der Waals surface area contributed by atoms with E-state index >= 15 is 0 Å². The predicted molar refractivity (Wildman–Crippen MR) is 118 cm³/mol. The van der Waals surface area contributed by atoms with Crippen LogP contribution in [0.25, 0.3) is 0 Å². The Hall–Kier alpha value is -2.61. The Balaban J connectivity index is 1.55. The Bertz CT molecular complexity index is 814. The predicted octanol–water partition coefficient (Wildman–Crippen LogP) is 2.18. The standard InChI is InChI=1S/C22H34N6O2/c1-17-25-26-21(28(17)3)15-24-22(27(2)13-14-30-16-19-5-6-19)23-12-11-18-7-9-20(29-4)10-8-18/h7-10,19H,5-6,11-16H2,1-4H3,(H,23,24). The lowest BCUT2D eigenvalue weighted by atomic mass is 10.1. The van der Waals surface area contributed by atoms with Crippen molar-refractivity contribution in [1.82, 2.24) is 25.0 Å². The largest absolute Gasteiger partial charge is 0.497 e. The van der Waals surface area contributed by atoms with Crippen LogP contribution in [0.1, 0.15) is 30.1 Å². The molecule has 2 aromatic rings. The maximum absolute atomic E-state index is 5.80. The van der Waals surface area contributed by atoms with Crippen LogP contribution in [0.2, 0.25) is 0 Å². The summed E-state index contributed by atoms with van der Waals surface area (Å²) in [7, 11) is 5.69. The van der Waals surface area contributed by atoms with Crippen molar-refractivity contribution in [2.45, 2.75) is 32.7 Å². The van der Waals surface area contributed by atoms with Crippen molar-refractivity contribution in [3.8, 4) is 5.75 Å². The van der Waals surface area contributed by atoms with E-state index in [1.165, 1.54) is 18.4 Å². The molecule has 8 heteroatoms. The Morgan fingerprint density at radius 3 is 2.67 bits per heavy atom. The number of hydrogen-bond donors (Lipinski definition) is 1. The number of guanidine groups is 1. The zero-order valence-corrected chi connectivity index (χ0v) is 18.6. The summed E-state index contributed by atoms with van der Waals surface area (Å²) in [5.41, 5.74) is 1.25. The second-order valence-corrected chi connectivity index (χ2v) is 7.83. The number of nitrogens with one attached hydrogen (secondary N) is 1. The van der Waals surface area contributed by atoms with E-state index < -0.39 is 0 Å². The number of benzene rings is 1. The fourth-order valence-corrected chi connectivity index (χ4v) is 3.00. The van der Waals surface area contributed by atoms with Crippen LogP contribution in [0.3, 0.4) is 0 Å². The van der Waals surface area contributed by atoms with Crippen LogP contribution in [0.4, 0.5) is 0 Å². The van der Waals surface area contributed by atoms with Gasteiger partial charge in [-0.25, -0.2) is 4.99 Å². The quantitative estimate of drug-likeness (QED) is 0.345. The molecule has 1 aliphatic rings. The van der Waals surface area contributed by atoms with Gasteiger partial charge in [0, 0.05) is 33.8 Å². The molecule has 0 saturated heterocycles. The van der Waals surface area contributed by atoms with Gasteiger partial charge in [0.1, 0.15) is 18.1 Å². The molecule has 0 bridgehead atoms. The molecule has 8 nitrogen and oxygen atoms in total. The average Bonchev–Trinajstić information content (AvgIpc) is 3.54. The number of aliphatic imine (C=N–C) groups is 1. The number of likely N-dealkylation sites (N-methyl/N-ethyl adjacent to an activating group) is 1. The monoisotopic (exact) mass is 414 g/mol. The van der Waals surface area contributed by atoms with E-state index in [1.54, 1.807) is 7.11 Å². The molecule has 0 radical (unpaired) electrons. The fourth-order valence-electron chi connectivity index (χ4n) is 3.00. The highest BCUT2D eigenvalue weighted by atomic mass is 16.5. The first-order valence-corrected chi connectivity index (χ1v) is 10.6. The summed E-state index contributed by atoms with van der Waals surface area (Å²) in [6.07, 6.45) is 3.53. The van der Waals surface area contributed by atoms with Crippen molar-refractivity contribution in [3.63, 3.8) is 0 Å². The molecule has 1 aliphatic carbocycles. The highest BCUT2D eigenvalue weighted by molar-refractivity contribution is 5.79. The molecule has 1 N–H and O–H groups in total. The van der Waals surface area contributed by atoms with Gasteiger partial charge in [-0.3, -0.25) is 0 Å². The van der Waals surface area contributed by atoms with Crippen molar-refractivity contribution < 1.29 is 9.47 Å². The second kappa shape index (κ2) is 11.0. The normalized spacial score (nSPS) is 14.1. The first kappa shape index (κ1) is 22.1. The Labute approximate surface area is 179 Å². The van der Waals surface area contributed by atoms with Crippen LogP contribution in [-0.4, -0.2) is 66.1 Å². The van der Waals surface area contributed by atoms with Crippen LogP contribution >= 0.6 is 0 Å². The zero-order valence-electron chi connectivity index (χ0n) is 18.6. The molecule has 0 atom stereocenters. The van der Waals surface area contributed by atoms with Crippen molar-refractivity contribution >= 4 is 5.96 Å². The Kier molecular flexibility index (Phi) is 8.07. The van der Waals surface area contributed by atoms with Crippen molar-refractivity contribution in [1.29, 1.82) is 0 Å². The van der Waals surface area contributed by atoms with Gasteiger partial charge in [0.05, 0.1) is 13.7 Å². The van der Waals surface area contributed by atoms with Gasteiger partial charge >= 0.3 is 0 Å². The molecule has 0 spiro atoms. The van der Waals surface area contributed by atoms with Crippen LogP contribution in [0.15, 0.2) is 29.3 Å². The number of nitrogens with zero attached hydrogens (tertiary/aromatic N) is 5. The fraction of sp³-hybridized carbons (Fsp3) is 0.591. The third-order valence-corrected chi connectivity index (χ3v) is 5.39. The van der Waals surface area contributed by atoms with E-state index in [0.29, 0.717) is 13.2 Å². The maximum Gasteiger partial charge on any atom is 0.194 e. The molecule has 0 unspecified atom stereocenters. The lowest BCUT2D eigenvalue weighted by Gasteiger charge is -2.22. The number of aryl methyl sites for hydroxylation is 1. The van der Waals surface area contributed by atoms with E-state index in [9.17, 15) is 0 Å². The summed E-state index contributed by atoms with van der Waals surface area (Å²) in [5, 5.41) is 11.8. The lowest BCUT2D eigenvalue weighted by Crippen LogP contribution is -2.41. The molecular weight excluding hydrogens is 380 g/mol. The van der Waals surface area contributed by atoms with Gasteiger partial charge in [-0.05, 0) is 49.8 Å². The molecular formula is C22H34N6O2. The summed E-state index contributed by atoms with van der Waals surface area (Å²) < 4.78 is 13.0. The van der Waals surface area contributed by atoms with Gasteiger partial charge in [0.15, 0.2) is 11.8 Å². The van der Waals surface area contributed by atoms with Crippen molar-refractivity contribution in [3.05, 3.63) is 41.5 Å². The zero-order chi connectivity index (χ0) is 21.3. The van der Waals surface area contributed by atoms with Crippen LogP contribution < -0.4 is 10.1 Å². The van der Waals surface area contributed by atoms with Crippen molar-refractivity contribution in [2.24, 2.45) is 18.0 Å². The van der Waals surface area contributed by atoms with E-state index in [2.05, 4.69) is 32.5 Å². The van der Waals surface area contributed by atoms with Gasteiger partial charge in [-0.1, -0.05) is 12.1 Å². The summed E-state index contributed by atoms with van der Waals surface area (Å²) in [4.78, 5) is 6.90. The van der Waals surface area contributed by atoms with Gasteiger partial charge in [0.25, 0.3) is 0 Å². The molecule has 0 amide bonds. The smallest absolute Gasteiger partial charge is 0.194 e. The molecule has 1 fully saturated rings. The minimum atomic E-state index is 0.482. The average molecular weight is 415 g/mol. The van der Waals surface area contributed by atoms with Crippen LogP contribution in [0, 0.1) is 12.8 Å². The van der Waals surface area contributed by atoms with Gasteiger partial charge in [0.2, 0.25) is 0 Å². The van der Waals surface area contributed by atoms with Crippen molar-refractivity contribution in [2.75, 3.05) is 40.5 Å². The van der Waals surface area contributed by atoms with E-state index in [4.69, 9.17) is 14.5 Å². The number of aromatic nitrogens is 3. The highest BCUT2D eigenvalue weighted by Gasteiger charge is 2.21. The SMILES string of the molecule is COc1ccc(CCNC(=NCc2nnc(C)n2C)N(C)CCOCC2CC2)cc1. The maximum atomic E-state index is 5.80. The number of methoxy groups -OCH3 is 1. The number of hydrogen-bond acceptors (Lipinski definition) is 5. The van der Waals surface area contributed by atoms with E-state index in [-0.39, 0.29) is 0 Å².